The number of benzene rings is 2. The summed E-state index contributed by atoms with van der Waals surface area (Å²) in [5.41, 5.74) is 0.321. The van der Waals surface area contributed by atoms with Gasteiger partial charge in [-0.15, -0.1) is 0 Å². The molecule has 0 heterocycles. The van der Waals surface area contributed by atoms with Crippen molar-refractivity contribution in [2.45, 2.75) is 43.0 Å². The second-order valence-electron chi connectivity index (χ2n) is 6.92. The molecule has 5 nitrogen and oxygen atoms in total. The van der Waals surface area contributed by atoms with Crippen molar-refractivity contribution in [1.82, 2.24) is 4.31 Å². The van der Waals surface area contributed by atoms with Crippen LogP contribution in [0.4, 0.5) is 14.5 Å². The number of nitrogens with zero attached hydrogens (tertiary/aromatic N) is 1. The van der Waals surface area contributed by atoms with Crippen molar-refractivity contribution >= 4 is 21.6 Å². The van der Waals surface area contributed by atoms with Gasteiger partial charge in [0.1, 0.15) is 0 Å². The molecule has 0 atom stereocenters. The van der Waals surface area contributed by atoms with E-state index >= 15 is 0 Å². The SMILES string of the molecule is CN(C1CCCCC1)S(=O)(=O)c1ccc(C(=O)Nc2ccc(F)c(F)c2)cc1. The lowest BCUT2D eigenvalue weighted by molar-refractivity contribution is 0.102. The van der Waals surface area contributed by atoms with E-state index in [9.17, 15) is 22.0 Å². The number of rotatable bonds is 5. The highest BCUT2D eigenvalue weighted by Crippen LogP contribution is 2.26. The third-order valence-electron chi connectivity index (χ3n) is 5.06. The first-order valence-corrected chi connectivity index (χ1v) is 10.6. The molecule has 0 unspecified atom stereocenters. The Hall–Kier alpha value is -2.32. The van der Waals surface area contributed by atoms with Gasteiger partial charge in [0.05, 0.1) is 4.90 Å². The van der Waals surface area contributed by atoms with Crippen molar-refractivity contribution in [1.29, 1.82) is 0 Å². The topological polar surface area (TPSA) is 66.5 Å². The summed E-state index contributed by atoms with van der Waals surface area (Å²) in [7, 11) is -2.05. The average molecular weight is 408 g/mol. The van der Waals surface area contributed by atoms with Crippen LogP contribution in [0, 0.1) is 11.6 Å². The van der Waals surface area contributed by atoms with Crippen molar-refractivity contribution in [3.63, 3.8) is 0 Å². The van der Waals surface area contributed by atoms with Crippen LogP contribution in [0.1, 0.15) is 42.5 Å². The number of carbonyl (C=O) groups excluding carboxylic acids is 1. The molecule has 1 aliphatic rings. The molecule has 1 saturated carbocycles. The van der Waals surface area contributed by atoms with Gasteiger partial charge in [-0.05, 0) is 49.2 Å². The highest BCUT2D eigenvalue weighted by Gasteiger charge is 2.29. The zero-order chi connectivity index (χ0) is 20.3. The minimum atomic E-state index is -3.64. The van der Waals surface area contributed by atoms with Crippen LogP contribution in [0.15, 0.2) is 47.4 Å². The predicted molar refractivity (Wildman–Crippen MR) is 103 cm³/mol. The molecule has 8 heteroatoms. The van der Waals surface area contributed by atoms with Gasteiger partial charge in [0.2, 0.25) is 10.0 Å². The fourth-order valence-corrected chi connectivity index (χ4v) is 4.78. The van der Waals surface area contributed by atoms with Gasteiger partial charge in [0.25, 0.3) is 5.91 Å². The van der Waals surface area contributed by atoms with Crippen molar-refractivity contribution in [3.05, 3.63) is 59.7 Å². The third-order valence-corrected chi connectivity index (χ3v) is 6.98. The Morgan fingerprint density at radius 2 is 1.64 bits per heavy atom. The van der Waals surface area contributed by atoms with Crippen molar-refractivity contribution in [2.24, 2.45) is 0 Å². The van der Waals surface area contributed by atoms with Crippen LogP contribution in [-0.4, -0.2) is 31.7 Å². The number of amides is 1. The summed E-state index contributed by atoms with van der Waals surface area (Å²) < 4.78 is 53.3. The van der Waals surface area contributed by atoms with E-state index in [4.69, 9.17) is 0 Å². The summed E-state index contributed by atoms with van der Waals surface area (Å²) in [6.45, 7) is 0. The molecular formula is C20H22F2N2O3S. The Bertz CT molecular complexity index is 956. The molecule has 28 heavy (non-hydrogen) atoms. The molecular weight excluding hydrogens is 386 g/mol. The lowest BCUT2D eigenvalue weighted by Crippen LogP contribution is -2.38. The maximum absolute atomic E-state index is 13.2. The van der Waals surface area contributed by atoms with E-state index < -0.39 is 27.6 Å². The Kier molecular flexibility index (Phi) is 6.10. The lowest BCUT2D eigenvalue weighted by atomic mass is 9.96. The zero-order valence-corrected chi connectivity index (χ0v) is 16.3. The second kappa shape index (κ2) is 8.36. The van der Waals surface area contributed by atoms with Crippen LogP contribution < -0.4 is 5.32 Å². The summed E-state index contributed by atoms with van der Waals surface area (Å²) in [5, 5.41) is 2.45. The Morgan fingerprint density at radius 1 is 1.00 bits per heavy atom. The highest BCUT2D eigenvalue weighted by atomic mass is 32.2. The predicted octanol–water partition coefficient (Wildman–Crippen LogP) is 4.17. The Balaban J connectivity index is 1.72. The van der Waals surface area contributed by atoms with Crippen LogP contribution >= 0.6 is 0 Å². The van der Waals surface area contributed by atoms with E-state index in [1.54, 1.807) is 7.05 Å². The van der Waals surface area contributed by atoms with Crippen LogP contribution in [-0.2, 0) is 10.0 Å². The van der Waals surface area contributed by atoms with Gasteiger partial charge in [-0.3, -0.25) is 4.79 Å². The lowest BCUT2D eigenvalue weighted by Gasteiger charge is -2.30. The number of hydrogen-bond acceptors (Lipinski definition) is 3. The van der Waals surface area contributed by atoms with Crippen molar-refractivity contribution < 1.29 is 22.0 Å². The van der Waals surface area contributed by atoms with E-state index in [1.807, 2.05) is 0 Å². The number of nitrogens with one attached hydrogen (secondary N) is 1. The fraction of sp³-hybridized carbons (Fsp3) is 0.350. The van der Waals surface area contributed by atoms with Crippen LogP contribution in [0.25, 0.3) is 0 Å². The van der Waals surface area contributed by atoms with E-state index in [-0.39, 0.29) is 22.2 Å². The molecule has 2 aromatic carbocycles. The minimum Gasteiger partial charge on any atom is -0.322 e. The monoisotopic (exact) mass is 408 g/mol. The van der Waals surface area contributed by atoms with Gasteiger partial charge < -0.3 is 5.32 Å². The van der Waals surface area contributed by atoms with E-state index in [0.29, 0.717) is 0 Å². The first-order valence-electron chi connectivity index (χ1n) is 9.13. The normalized spacial score (nSPS) is 15.6. The number of sulfonamides is 1. The van der Waals surface area contributed by atoms with Gasteiger partial charge in [0, 0.05) is 30.4 Å². The summed E-state index contributed by atoms with van der Waals surface area (Å²) in [6, 6.07) is 8.61. The number of anilines is 1. The fourth-order valence-electron chi connectivity index (χ4n) is 3.36. The van der Waals surface area contributed by atoms with Crippen LogP contribution in [0.3, 0.4) is 0 Å². The molecule has 1 amide bonds. The van der Waals surface area contributed by atoms with E-state index in [0.717, 1.165) is 44.2 Å². The number of hydrogen-bond donors (Lipinski definition) is 1. The molecule has 3 rings (SSSR count). The second-order valence-corrected chi connectivity index (χ2v) is 8.92. The maximum Gasteiger partial charge on any atom is 0.255 e. The Morgan fingerprint density at radius 3 is 2.25 bits per heavy atom. The maximum atomic E-state index is 13.2. The van der Waals surface area contributed by atoms with E-state index in [1.165, 1.54) is 34.6 Å². The molecule has 1 fully saturated rings. The molecule has 0 aromatic heterocycles. The van der Waals surface area contributed by atoms with Crippen molar-refractivity contribution in [2.75, 3.05) is 12.4 Å². The molecule has 0 radical (unpaired) electrons. The molecule has 1 aliphatic carbocycles. The first-order chi connectivity index (χ1) is 13.3. The number of halogens is 2. The van der Waals surface area contributed by atoms with Gasteiger partial charge in [-0.25, -0.2) is 17.2 Å². The largest absolute Gasteiger partial charge is 0.322 e. The average Bonchev–Trinajstić information content (AvgIpc) is 2.71. The quantitative estimate of drug-likeness (QED) is 0.808. The van der Waals surface area contributed by atoms with Crippen molar-refractivity contribution in [3.8, 4) is 0 Å². The molecule has 150 valence electrons. The first kappa shape index (κ1) is 20.4. The molecule has 0 spiro atoms. The number of carbonyl (C=O) groups is 1. The van der Waals surface area contributed by atoms with Crippen LogP contribution in [0.5, 0.6) is 0 Å². The smallest absolute Gasteiger partial charge is 0.255 e. The molecule has 0 bridgehead atoms. The highest BCUT2D eigenvalue weighted by molar-refractivity contribution is 7.89. The third kappa shape index (κ3) is 4.39. The van der Waals surface area contributed by atoms with Gasteiger partial charge >= 0.3 is 0 Å². The summed E-state index contributed by atoms with van der Waals surface area (Å²) >= 11 is 0. The molecule has 1 N–H and O–H groups in total. The summed E-state index contributed by atoms with van der Waals surface area (Å²) in [4.78, 5) is 12.4. The van der Waals surface area contributed by atoms with Crippen LogP contribution in [0.2, 0.25) is 0 Å². The zero-order valence-electron chi connectivity index (χ0n) is 15.5. The van der Waals surface area contributed by atoms with E-state index in [2.05, 4.69) is 5.32 Å². The van der Waals surface area contributed by atoms with Gasteiger partial charge in [0.15, 0.2) is 11.6 Å². The Labute approximate surface area is 163 Å². The molecule has 0 aliphatic heterocycles. The minimum absolute atomic E-state index is 0.00454. The standard InChI is InChI=1S/C20H22F2N2O3S/c1-24(16-5-3-2-4-6-16)28(26,27)17-10-7-14(8-11-17)20(25)23-15-9-12-18(21)19(22)13-15/h7-13,16H,2-6H2,1H3,(H,23,25). The molecule has 2 aromatic rings. The van der Waals surface area contributed by atoms with Gasteiger partial charge in [-0.2, -0.15) is 4.31 Å². The van der Waals surface area contributed by atoms with Gasteiger partial charge in [-0.1, -0.05) is 19.3 Å². The summed E-state index contributed by atoms with van der Waals surface area (Å²) in [5.74, 6) is -2.62. The summed E-state index contributed by atoms with van der Waals surface area (Å²) in [6.07, 6.45) is 4.88. The molecule has 0 saturated heterocycles.